The van der Waals surface area contributed by atoms with Gasteiger partial charge in [-0.1, -0.05) is 25.6 Å². The molecule has 3 heterocycles. The van der Waals surface area contributed by atoms with Gasteiger partial charge in [-0.2, -0.15) is 0 Å². The molecule has 2 aliphatic rings. The monoisotopic (exact) mass is 371 g/mol. The highest BCUT2D eigenvalue weighted by atomic mass is 32.2. The first-order valence-corrected chi connectivity index (χ1v) is 10.4. The van der Waals surface area contributed by atoms with Gasteiger partial charge in [-0.3, -0.25) is 14.3 Å². The van der Waals surface area contributed by atoms with Gasteiger partial charge in [0.25, 0.3) is 0 Å². The van der Waals surface area contributed by atoms with E-state index in [-0.39, 0.29) is 5.91 Å². The first-order chi connectivity index (χ1) is 12.6. The Bertz CT molecular complexity index is 763. The van der Waals surface area contributed by atoms with Gasteiger partial charge in [-0.15, -0.1) is 10.2 Å². The molecule has 2 fully saturated rings. The van der Waals surface area contributed by atoms with E-state index >= 15 is 0 Å². The van der Waals surface area contributed by atoms with Crippen LogP contribution in [-0.4, -0.2) is 49.4 Å². The second kappa shape index (κ2) is 7.39. The molecule has 0 bridgehead atoms. The van der Waals surface area contributed by atoms with Crippen molar-refractivity contribution in [2.45, 2.75) is 44.3 Å². The van der Waals surface area contributed by atoms with Crippen LogP contribution in [0.3, 0.4) is 0 Å². The molecule has 1 aliphatic heterocycles. The zero-order chi connectivity index (χ0) is 18.1. The predicted octanol–water partition coefficient (Wildman–Crippen LogP) is 3.27. The van der Waals surface area contributed by atoms with Crippen LogP contribution in [0.2, 0.25) is 0 Å². The Morgan fingerprint density at radius 1 is 1.23 bits per heavy atom. The first-order valence-electron chi connectivity index (χ1n) is 9.37. The SMILES string of the molecule is C[C@@H]1C[C@@H](C)CN(C(=O)CSc2nnc(-c3cccnc3)n2C2CC2)C1. The predicted molar refractivity (Wildman–Crippen MR) is 102 cm³/mol. The summed E-state index contributed by atoms with van der Waals surface area (Å²) >= 11 is 1.51. The van der Waals surface area contributed by atoms with Crippen LogP contribution < -0.4 is 0 Å². The fraction of sp³-hybridized carbons (Fsp3) is 0.579. The summed E-state index contributed by atoms with van der Waals surface area (Å²) in [5.41, 5.74) is 0.976. The lowest BCUT2D eigenvalue weighted by Crippen LogP contribution is -2.43. The summed E-state index contributed by atoms with van der Waals surface area (Å²) in [6.45, 7) is 6.21. The van der Waals surface area contributed by atoms with Gasteiger partial charge in [-0.05, 0) is 43.2 Å². The third kappa shape index (κ3) is 3.77. The number of nitrogens with zero attached hydrogens (tertiary/aromatic N) is 5. The molecule has 7 heteroatoms. The average molecular weight is 372 g/mol. The van der Waals surface area contributed by atoms with Gasteiger partial charge in [0.05, 0.1) is 5.75 Å². The quantitative estimate of drug-likeness (QED) is 0.755. The van der Waals surface area contributed by atoms with E-state index in [0.717, 1.165) is 42.5 Å². The minimum absolute atomic E-state index is 0.210. The number of amides is 1. The van der Waals surface area contributed by atoms with E-state index in [9.17, 15) is 4.79 Å². The lowest BCUT2D eigenvalue weighted by atomic mass is 9.92. The first kappa shape index (κ1) is 17.5. The van der Waals surface area contributed by atoms with Crippen molar-refractivity contribution >= 4 is 17.7 Å². The Hall–Kier alpha value is -1.89. The van der Waals surface area contributed by atoms with Gasteiger partial charge < -0.3 is 4.90 Å². The van der Waals surface area contributed by atoms with Crippen LogP contribution in [-0.2, 0) is 4.79 Å². The molecule has 0 radical (unpaired) electrons. The number of rotatable bonds is 5. The van der Waals surface area contributed by atoms with Crippen molar-refractivity contribution < 1.29 is 4.79 Å². The van der Waals surface area contributed by atoms with Gasteiger partial charge in [0.1, 0.15) is 0 Å². The summed E-state index contributed by atoms with van der Waals surface area (Å²) in [4.78, 5) is 18.9. The van der Waals surface area contributed by atoms with Crippen molar-refractivity contribution in [1.29, 1.82) is 0 Å². The fourth-order valence-corrected chi connectivity index (χ4v) is 4.72. The molecule has 2 aromatic heterocycles. The van der Waals surface area contributed by atoms with Gasteiger partial charge in [0, 0.05) is 37.1 Å². The molecule has 4 rings (SSSR count). The standard InChI is InChI=1S/C19H25N5OS/c1-13-8-14(2)11-23(10-13)17(25)12-26-19-22-21-18(24(19)16-5-6-16)15-4-3-7-20-9-15/h3-4,7,9,13-14,16H,5-6,8,10-12H2,1-2H3/t13-,14-/m1/s1. The molecule has 6 nitrogen and oxygen atoms in total. The molecule has 1 aliphatic carbocycles. The highest BCUT2D eigenvalue weighted by Crippen LogP contribution is 2.41. The highest BCUT2D eigenvalue weighted by Gasteiger charge is 2.31. The van der Waals surface area contributed by atoms with Crippen LogP contribution in [0.5, 0.6) is 0 Å². The average Bonchev–Trinajstić information content (AvgIpc) is 3.38. The summed E-state index contributed by atoms with van der Waals surface area (Å²) in [5, 5.41) is 9.61. The van der Waals surface area contributed by atoms with E-state index in [0.29, 0.717) is 23.6 Å². The summed E-state index contributed by atoms with van der Waals surface area (Å²) in [6, 6.07) is 4.37. The Balaban J connectivity index is 1.47. The number of carbonyl (C=O) groups excluding carboxylic acids is 1. The van der Waals surface area contributed by atoms with E-state index in [2.05, 4.69) is 33.6 Å². The van der Waals surface area contributed by atoms with Gasteiger partial charge in [0.2, 0.25) is 5.91 Å². The molecule has 2 atom stereocenters. The van der Waals surface area contributed by atoms with E-state index in [1.54, 1.807) is 6.20 Å². The second-order valence-corrected chi connectivity index (χ2v) is 8.62. The summed E-state index contributed by atoms with van der Waals surface area (Å²) in [5.74, 6) is 2.66. The highest BCUT2D eigenvalue weighted by molar-refractivity contribution is 7.99. The smallest absolute Gasteiger partial charge is 0.233 e. The number of pyridine rings is 1. The number of aromatic nitrogens is 4. The van der Waals surface area contributed by atoms with Crippen molar-refractivity contribution in [1.82, 2.24) is 24.6 Å². The number of hydrogen-bond donors (Lipinski definition) is 0. The second-order valence-electron chi connectivity index (χ2n) is 7.68. The van der Waals surface area contributed by atoms with Crippen LogP contribution in [0, 0.1) is 11.8 Å². The Morgan fingerprint density at radius 3 is 2.65 bits per heavy atom. The molecule has 26 heavy (non-hydrogen) atoms. The maximum atomic E-state index is 12.7. The largest absolute Gasteiger partial charge is 0.341 e. The van der Waals surface area contributed by atoms with Crippen molar-refractivity contribution in [3.05, 3.63) is 24.5 Å². The molecule has 0 N–H and O–H groups in total. The van der Waals surface area contributed by atoms with E-state index in [4.69, 9.17) is 0 Å². The normalized spacial score (nSPS) is 23.2. The Kier molecular flexibility index (Phi) is 4.98. The molecule has 1 amide bonds. The Morgan fingerprint density at radius 2 is 2.00 bits per heavy atom. The van der Waals surface area contributed by atoms with E-state index < -0.39 is 0 Å². The molecule has 0 aromatic carbocycles. The van der Waals surface area contributed by atoms with Crippen molar-refractivity contribution in [2.75, 3.05) is 18.8 Å². The maximum Gasteiger partial charge on any atom is 0.233 e. The third-order valence-corrected chi connectivity index (χ3v) is 5.97. The molecular weight excluding hydrogens is 346 g/mol. The summed E-state index contributed by atoms with van der Waals surface area (Å²) in [7, 11) is 0. The number of piperidine rings is 1. The van der Waals surface area contributed by atoms with Gasteiger partial charge in [0.15, 0.2) is 11.0 Å². The molecule has 0 unspecified atom stereocenters. The number of carbonyl (C=O) groups is 1. The van der Waals surface area contributed by atoms with Crippen LogP contribution in [0.4, 0.5) is 0 Å². The van der Waals surface area contributed by atoms with Gasteiger partial charge in [-0.25, -0.2) is 0 Å². The zero-order valence-corrected chi connectivity index (χ0v) is 16.2. The molecule has 138 valence electrons. The van der Waals surface area contributed by atoms with Crippen molar-refractivity contribution in [3.8, 4) is 11.4 Å². The number of likely N-dealkylation sites (tertiary alicyclic amines) is 1. The molecule has 1 saturated carbocycles. The van der Waals surface area contributed by atoms with E-state index in [1.807, 2.05) is 23.2 Å². The number of thioether (sulfide) groups is 1. The minimum Gasteiger partial charge on any atom is -0.341 e. The third-order valence-electron chi connectivity index (χ3n) is 5.04. The summed E-state index contributed by atoms with van der Waals surface area (Å²) in [6.07, 6.45) is 7.08. The minimum atomic E-state index is 0.210. The van der Waals surface area contributed by atoms with Crippen LogP contribution in [0.25, 0.3) is 11.4 Å². The number of hydrogen-bond acceptors (Lipinski definition) is 5. The van der Waals surface area contributed by atoms with Crippen LogP contribution >= 0.6 is 11.8 Å². The lowest BCUT2D eigenvalue weighted by Gasteiger charge is -2.34. The topological polar surface area (TPSA) is 63.9 Å². The fourth-order valence-electron chi connectivity index (χ4n) is 3.81. The molecule has 1 saturated heterocycles. The van der Waals surface area contributed by atoms with Crippen molar-refractivity contribution in [3.63, 3.8) is 0 Å². The van der Waals surface area contributed by atoms with Crippen LogP contribution in [0.15, 0.2) is 29.7 Å². The van der Waals surface area contributed by atoms with E-state index in [1.165, 1.54) is 18.2 Å². The Labute approximate surface area is 158 Å². The molecule has 2 aromatic rings. The summed E-state index contributed by atoms with van der Waals surface area (Å²) < 4.78 is 2.19. The molecule has 0 spiro atoms. The van der Waals surface area contributed by atoms with Crippen molar-refractivity contribution in [2.24, 2.45) is 11.8 Å². The maximum absolute atomic E-state index is 12.7. The lowest BCUT2D eigenvalue weighted by molar-refractivity contribution is -0.130. The van der Waals surface area contributed by atoms with Gasteiger partial charge >= 0.3 is 0 Å². The van der Waals surface area contributed by atoms with Crippen LogP contribution in [0.1, 0.15) is 39.2 Å². The zero-order valence-electron chi connectivity index (χ0n) is 15.3. The molecular formula is C19H25N5OS.